The highest BCUT2D eigenvalue weighted by atomic mass is 16.7. The van der Waals surface area contributed by atoms with Crippen molar-refractivity contribution in [2.24, 2.45) is 0 Å². The third-order valence-electron chi connectivity index (χ3n) is 4.44. The summed E-state index contributed by atoms with van der Waals surface area (Å²) in [5.41, 5.74) is 3.03. The number of hydrogen-bond acceptors (Lipinski definition) is 7. The van der Waals surface area contributed by atoms with E-state index in [0.29, 0.717) is 18.1 Å². The summed E-state index contributed by atoms with van der Waals surface area (Å²) in [5, 5.41) is 6.00. The minimum Gasteiger partial charge on any atom is -0.454 e. The van der Waals surface area contributed by atoms with Crippen molar-refractivity contribution >= 4 is 23.1 Å². The Kier molecular flexibility index (Phi) is 5.15. The molecule has 2 aromatic carbocycles. The predicted octanol–water partition coefficient (Wildman–Crippen LogP) is 3.14. The van der Waals surface area contributed by atoms with E-state index in [1.807, 2.05) is 61.5 Å². The number of carbonyl (C=O) groups excluding carboxylic acids is 1. The van der Waals surface area contributed by atoms with Gasteiger partial charge in [0.2, 0.25) is 6.79 Å². The highest BCUT2D eigenvalue weighted by molar-refractivity contribution is 6.02. The number of amides is 1. The fourth-order valence-electron chi connectivity index (χ4n) is 2.82. The Balaban J connectivity index is 1.34. The first kappa shape index (κ1) is 18.5. The molecule has 0 spiro atoms. The summed E-state index contributed by atoms with van der Waals surface area (Å²) in [4.78, 5) is 22.8. The molecule has 0 saturated heterocycles. The quantitative estimate of drug-likeness (QED) is 0.667. The van der Waals surface area contributed by atoms with Gasteiger partial charge in [-0.3, -0.25) is 4.79 Å². The lowest BCUT2D eigenvalue weighted by molar-refractivity contribution is 0.102. The second-order valence-electron chi connectivity index (χ2n) is 6.72. The maximum Gasteiger partial charge on any atom is 0.275 e. The topological polar surface area (TPSA) is 88.6 Å². The Morgan fingerprint density at radius 3 is 2.55 bits per heavy atom. The number of anilines is 3. The minimum atomic E-state index is -0.308. The number of fused-ring (bicyclic) bond motifs is 1. The van der Waals surface area contributed by atoms with E-state index in [1.165, 1.54) is 12.4 Å². The summed E-state index contributed by atoms with van der Waals surface area (Å²) in [6.07, 6.45) is 2.99. The molecule has 3 aromatic rings. The monoisotopic (exact) mass is 391 g/mol. The number of aromatic nitrogens is 2. The SMILES string of the molecule is CN(C)c1ccc(NC(=O)c2cnc(NCc3ccc4c(c3)OCO4)cn2)cc1. The lowest BCUT2D eigenvalue weighted by Gasteiger charge is -2.13. The van der Waals surface area contributed by atoms with Crippen LogP contribution < -0.4 is 25.0 Å². The zero-order valence-corrected chi connectivity index (χ0v) is 16.2. The van der Waals surface area contributed by atoms with Crippen LogP contribution in [0.25, 0.3) is 0 Å². The Morgan fingerprint density at radius 1 is 1.03 bits per heavy atom. The van der Waals surface area contributed by atoms with Gasteiger partial charge in [0.25, 0.3) is 5.91 Å². The smallest absolute Gasteiger partial charge is 0.275 e. The molecule has 0 bridgehead atoms. The van der Waals surface area contributed by atoms with Gasteiger partial charge in [-0.1, -0.05) is 6.07 Å². The average molecular weight is 391 g/mol. The van der Waals surface area contributed by atoms with Gasteiger partial charge in [-0.15, -0.1) is 0 Å². The molecule has 1 aromatic heterocycles. The van der Waals surface area contributed by atoms with Crippen LogP contribution in [0.2, 0.25) is 0 Å². The molecule has 148 valence electrons. The minimum absolute atomic E-state index is 0.246. The molecule has 8 nitrogen and oxygen atoms in total. The van der Waals surface area contributed by atoms with E-state index in [9.17, 15) is 4.79 Å². The zero-order chi connectivity index (χ0) is 20.2. The summed E-state index contributed by atoms with van der Waals surface area (Å²) >= 11 is 0. The van der Waals surface area contributed by atoms with Gasteiger partial charge in [0.15, 0.2) is 11.5 Å². The molecule has 0 aliphatic carbocycles. The molecule has 0 atom stereocenters. The van der Waals surface area contributed by atoms with E-state index in [-0.39, 0.29) is 18.4 Å². The van der Waals surface area contributed by atoms with E-state index in [0.717, 1.165) is 22.7 Å². The number of rotatable bonds is 6. The molecular weight excluding hydrogens is 370 g/mol. The van der Waals surface area contributed by atoms with Crippen molar-refractivity contribution in [3.8, 4) is 11.5 Å². The van der Waals surface area contributed by atoms with Crippen LogP contribution >= 0.6 is 0 Å². The molecular formula is C21H21N5O3. The van der Waals surface area contributed by atoms with Gasteiger partial charge in [-0.2, -0.15) is 0 Å². The van der Waals surface area contributed by atoms with E-state index in [4.69, 9.17) is 9.47 Å². The second kappa shape index (κ2) is 8.05. The van der Waals surface area contributed by atoms with Gasteiger partial charge in [0, 0.05) is 32.0 Å². The van der Waals surface area contributed by atoms with Crippen LogP contribution in [0.3, 0.4) is 0 Å². The molecule has 1 aliphatic rings. The molecule has 1 amide bonds. The predicted molar refractivity (Wildman–Crippen MR) is 111 cm³/mol. The Morgan fingerprint density at radius 2 is 1.83 bits per heavy atom. The maximum absolute atomic E-state index is 12.4. The molecule has 0 fully saturated rings. The highest BCUT2D eigenvalue weighted by Crippen LogP contribution is 2.32. The molecule has 4 rings (SSSR count). The number of hydrogen-bond donors (Lipinski definition) is 2. The van der Waals surface area contributed by atoms with E-state index in [2.05, 4.69) is 20.6 Å². The summed E-state index contributed by atoms with van der Waals surface area (Å²) in [6.45, 7) is 0.802. The van der Waals surface area contributed by atoms with Crippen LogP contribution in [0.1, 0.15) is 16.1 Å². The van der Waals surface area contributed by atoms with Crippen molar-refractivity contribution in [3.05, 3.63) is 66.1 Å². The first-order valence-electron chi connectivity index (χ1n) is 9.12. The van der Waals surface area contributed by atoms with E-state index >= 15 is 0 Å². The van der Waals surface area contributed by atoms with Gasteiger partial charge in [0.05, 0.1) is 12.4 Å². The van der Waals surface area contributed by atoms with Gasteiger partial charge < -0.3 is 25.0 Å². The average Bonchev–Trinajstić information content (AvgIpc) is 3.21. The first-order chi connectivity index (χ1) is 14.1. The summed E-state index contributed by atoms with van der Waals surface area (Å²) in [5.74, 6) is 1.76. The van der Waals surface area contributed by atoms with Crippen LogP contribution in [0.5, 0.6) is 11.5 Å². The van der Waals surface area contributed by atoms with E-state index in [1.54, 1.807) is 0 Å². The van der Waals surface area contributed by atoms with E-state index < -0.39 is 0 Å². The number of carbonyl (C=O) groups is 1. The van der Waals surface area contributed by atoms with Crippen LogP contribution in [0.4, 0.5) is 17.2 Å². The number of nitrogens with one attached hydrogen (secondary N) is 2. The third-order valence-corrected chi connectivity index (χ3v) is 4.44. The van der Waals surface area contributed by atoms with Gasteiger partial charge in [-0.25, -0.2) is 9.97 Å². The standard InChI is InChI=1S/C21H21N5O3/c1-26(2)16-6-4-15(5-7-16)25-21(27)17-11-24-20(12-22-17)23-10-14-3-8-18-19(9-14)29-13-28-18/h3-9,11-12H,10,13H2,1-2H3,(H,23,24)(H,25,27). The molecule has 2 heterocycles. The summed E-state index contributed by atoms with van der Waals surface area (Å²) < 4.78 is 10.7. The number of nitrogens with zero attached hydrogens (tertiary/aromatic N) is 3. The van der Waals surface area contributed by atoms with Crippen LogP contribution in [-0.2, 0) is 6.54 Å². The molecule has 1 aliphatic heterocycles. The summed E-state index contributed by atoms with van der Waals surface area (Å²) in [6, 6.07) is 13.3. The first-order valence-corrected chi connectivity index (χ1v) is 9.12. The molecule has 0 saturated carbocycles. The van der Waals surface area contributed by atoms with Crippen LogP contribution in [0.15, 0.2) is 54.9 Å². The fourth-order valence-corrected chi connectivity index (χ4v) is 2.82. The van der Waals surface area contributed by atoms with Crippen molar-refractivity contribution in [3.63, 3.8) is 0 Å². The lowest BCUT2D eigenvalue weighted by Crippen LogP contribution is -2.15. The zero-order valence-electron chi connectivity index (χ0n) is 16.2. The summed E-state index contributed by atoms with van der Waals surface area (Å²) in [7, 11) is 3.93. The fraction of sp³-hybridized carbons (Fsp3) is 0.190. The highest BCUT2D eigenvalue weighted by Gasteiger charge is 2.13. The van der Waals surface area contributed by atoms with Gasteiger partial charge in [-0.05, 0) is 42.0 Å². The van der Waals surface area contributed by atoms with Crippen molar-refractivity contribution in [1.82, 2.24) is 9.97 Å². The molecule has 0 radical (unpaired) electrons. The number of benzene rings is 2. The van der Waals surface area contributed by atoms with Crippen LogP contribution in [-0.4, -0.2) is 36.8 Å². The van der Waals surface area contributed by atoms with Crippen molar-refractivity contribution in [1.29, 1.82) is 0 Å². The van der Waals surface area contributed by atoms with Crippen molar-refractivity contribution in [2.75, 3.05) is 36.4 Å². The number of ether oxygens (including phenoxy) is 2. The Hall–Kier alpha value is -3.81. The normalized spacial score (nSPS) is 11.8. The molecule has 8 heteroatoms. The second-order valence-corrected chi connectivity index (χ2v) is 6.72. The molecule has 0 unspecified atom stereocenters. The van der Waals surface area contributed by atoms with Crippen molar-refractivity contribution < 1.29 is 14.3 Å². The lowest BCUT2D eigenvalue weighted by atomic mass is 10.2. The largest absolute Gasteiger partial charge is 0.454 e. The molecule has 2 N–H and O–H groups in total. The Labute approximate surface area is 168 Å². The van der Waals surface area contributed by atoms with Crippen LogP contribution in [0, 0.1) is 0 Å². The van der Waals surface area contributed by atoms with Crippen molar-refractivity contribution in [2.45, 2.75) is 6.54 Å². The third kappa shape index (κ3) is 4.37. The van der Waals surface area contributed by atoms with Gasteiger partial charge in [0.1, 0.15) is 11.5 Å². The Bertz CT molecular complexity index is 1000. The maximum atomic E-state index is 12.4. The van der Waals surface area contributed by atoms with Gasteiger partial charge >= 0.3 is 0 Å². The molecule has 29 heavy (non-hydrogen) atoms.